The zero-order chi connectivity index (χ0) is 9.84. The molecule has 0 aromatic carbocycles. The van der Waals surface area contributed by atoms with E-state index in [9.17, 15) is 0 Å². The van der Waals surface area contributed by atoms with Crippen LogP contribution in [0.25, 0.3) is 0 Å². The minimum absolute atomic E-state index is 0.321. The van der Waals surface area contributed by atoms with E-state index in [2.05, 4.69) is 36.5 Å². The van der Waals surface area contributed by atoms with Gasteiger partial charge in [0.1, 0.15) is 0 Å². The molecule has 0 spiro atoms. The van der Waals surface area contributed by atoms with Crippen molar-refractivity contribution >= 4 is 0 Å². The van der Waals surface area contributed by atoms with Gasteiger partial charge in [-0.25, -0.2) is 0 Å². The summed E-state index contributed by atoms with van der Waals surface area (Å²) < 4.78 is 0. The minimum atomic E-state index is 0.321. The van der Waals surface area contributed by atoms with E-state index in [-0.39, 0.29) is 0 Å². The van der Waals surface area contributed by atoms with Gasteiger partial charge in [-0.3, -0.25) is 9.80 Å². The van der Waals surface area contributed by atoms with E-state index in [1.54, 1.807) is 0 Å². The van der Waals surface area contributed by atoms with Crippen LogP contribution in [-0.2, 0) is 0 Å². The molecule has 1 aliphatic heterocycles. The third-order valence-corrected chi connectivity index (χ3v) is 2.85. The van der Waals surface area contributed by atoms with E-state index in [0.717, 1.165) is 26.2 Å². The average Bonchev–Trinajstić information content (AvgIpc) is 2.16. The second-order valence-corrected chi connectivity index (χ2v) is 3.90. The summed E-state index contributed by atoms with van der Waals surface area (Å²) in [5.74, 6) is 2.87. The molecule has 0 unspecified atom stereocenters. The van der Waals surface area contributed by atoms with Gasteiger partial charge in [-0.05, 0) is 20.4 Å². The number of nitrogens with zero attached hydrogens (tertiary/aromatic N) is 2. The first-order valence-corrected chi connectivity index (χ1v) is 5.13. The SMILES string of the molecule is C#C[C@@H]1CN(C(C)C)CCN1CC. The number of terminal acetylenes is 1. The maximum absolute atomic E-state index is 5.51. The molecule has 1 atom stereocenters. The Bertz CT molecular complexity index is 193. The summed E-state index contributed by atoms with van der Waals surface area (Å²) in [6, 6.07) is 0.941. The number of rotatable bonds is 2. The van der Waals surface area contributed by atoms with Crippen molar-refractivity contribution in [3.05, 3.63) is 0 Å². The van der Waals surface area contributed by atoms with Crippen molar-refractivity contribution in [1.82, 2.24) is 9.80 Å². The molecule has 0 aliphatic carbocycles. The molecule has 0 saturated carbocycles. The van der Waals surface area contributed by atoms with Gasteiger partial charge in [-0.1, -0.05) is 12.8 Å². The molecular formula is C11H20N2. The molecule has 1 saturated heterocycles. The van der Waals surface area contributed by atoms with E-state index in [0.29, 0.717) is 12.1 Å². The molecule has 0 bridgehead atoms. The van der Waals surface area contributed by atoms with Crippen LogP contribution in [0.3, 0.4) is 0 Å². The zero-order valence-electron chi connectivity index (χ0n) is 8.95. The van der Waals surface area contributed by atoms with Crippen LogP contribution < -0.4 is 0 Å². The van der Waals surface area contributed by atoms with Gasteiger partial charge in [0.25, 0.3) is 0 Å². The summed E-state index contributed by atoms with van der Waals surface area (Å²) >= 11 is 0. The van der Waals surface area contributed by atoms with E-state index in [1.807, 2.05) is 0 Å². The number of hydrogen-bond donors (Lipinski definition) is 0. The summed E-state index contributed by atoms with van der Waals surface area (Å²) in [7, 11) is 0. The Morgan fingerprint density at radius 2 is 2.15 bits per heavy atom. The Hall–Kier alpha value is -0.520. The lowest BCUT2D eigenvalue weighted by Crippen LogP contribution is -2.54. The molecule has 74 valence electrons. The molecule has 1 heterocycles. The average molecular weight is 180 g/mol. The standard InChI is InChI=1S/C11H20N2/c1-5-11-9-13(10(3)4)8-7-12(11)6-2/h1,10-11H,6-9H2,2-4H3/t11-/m1/s1. The largest absolute Gasteiger partial charge is 0.297 e. The van der Waals surface area contributed by atoms with Gasteiger partial charge in [-0.15, -0.1) is 6.42 Å². The highest BCUT2D eigenvalue weighted by Crippen LogP contribution is 2.11. The molecule has 1 rings (SSSR count). The van der Waals surface area contributed by atoms with E-state index < -0.39 is 0 Å². The molecule has 1 fully saturated rings. The van der Waals surface area contributed by atoms with Crippen molar-refractivity contribution in [2.45, 2.75) is 32.9 Å². The van der Waals surface area contributed by atoms with Crippen LogP contribution in [0.2, 0.25) is 0 Å². The second-order valence-electron chi connectivity index (χ2n) is 3.90. The minimum Gasteiger partial charge on any atom is -0.297 e. The van der Waals surface area contributed by atoms with Gasteiger partial charge < -0.3 is 0 Å². The fraction of sp³-hybridized carbons (Fsp3) is 0.818. The Balaban J connectivity index is 2.53. The molecule has 13 heavy (non-hydrogen) atoms. The highest BCUT2D eigenvalue weighted by molar-refractivity contribution is 5.03. The molecular weight excluding hydrogens is 160 g/mol. The zero-order valence-corrected chi connectivity index (χ0v) is 8.95. The van der Waals surface area contributed by atoms with Crippen LogP contribution in [0, 0.1) is 12.3 Å². The van der Waals surface area contributed by atoms with Gasteiger partial charge in [0.05, 0.1) is 6.04 Å². The first-order valence-electron chi connectivity index (χ1n) is 5.13. The quantitative estimate of drug-likeness (QED) is 0.586. The van der Waals surface area contributed by atoms with Crippen molar-refractivity contribution in [2.75, 3.05) is 26.2 Å². The van der Waals surface area contributed by atoms with E-state index >= 15 is 0 Å². The lowest BCUT2D eigenvalue weighted by molar-refractivity contribution is 0.0850. The van der Waals surface area contributed by atoms with E-state index in [1.165, 1.54) is 0 Å². The Labute approximate surface area is 81.9 Å². The van der Waals surface area contributed by atoms with Gasteiger partial charge in [-0.2, -0.15) is 0 Å². The molecule has 2 nitrogen and oxygen atoms in total. The van der Waals surface area contributed by atoms with Gasteiger partial charge in [0.2, 0.25) is 0 Å². The van der Waals surface area contributed by atoms with Crippen molar-refractivity contribution < 1.29 is 0 Å². The van der Waals surface area contributed by atoms with Crippen molar-refractivity contribution in [1.29, 1.82) is 0 Å². The smallest absolute Gasteiger partial charge is 0.0841 e. The van der Waals surface area contributed by atoms with Crippen LogP contribution in [0.4, 0.5) is 0 Å². The number of piperazine rings is 1. The Kier molecular flexibility index (Phi) is 3.77. The van der Waals surface area contributed by atoms with Crippen LogP contribution >= 0.6 is 0 Å². The van der Waals surface area contributed by atoms with Crippen LogP contribution in [0.1, 0.15) is 20.8 Å². The van der Waals surface area contributed by atoms with Crippen molar-refractivity contribution in [2.24, 2.45) is 0 Å². The molecule has 0 radical (unpaired) electrons. The topological polar surface area (TPSA) is 6.48 Å². The normalized spacial score (nSPS) is 26.2. The second kappa shape index (κ2) is 4.64. The van der Waals surface area contributed by atoms with Crippen molar-refractivity contribution in [3.63, 3.8) is 0 Å². The molecule has 0 amide bonds. The van der Waals surface area contributed by atoms with Gasteiger partial charge >= 0.3 is 0 Å². The molecule has 1 aliphatic rings. The number of hydrogen-bond acceptors (Lipinski definition) is 2. The fourth-order valence-electron chi connectivity index (χ4n) is 1.85. The fourth-order valence-corrected chi connectivity index (χ4v) is 1.85. The summed E-state index contributed by atoms with van der Waals surface area (Å²) in [4.78, 5) is 4.83. The lowest BCUT2D eigenvalue weighted by Gasteiger charge is -2.40. The summed E-state index contributed by atoms with van der Waals surface area (Å²) in [6.07, 6.45) is 5.51. The van der Waals surface area contributed by atoms with Crippen LogP contribution in [-0.4, -0.2) is 48.1 Å². The van der Waals surface area contributed by atoms with E-state index in [4.69, 9.17) is 6.42 Å². The summed E-state index contributed by atoms with van der Waals surface area (Å²) in [5.41, 5.74) is 0. The summed E-state index contributed by atoms with van der Waals surface area (Å²) in [6.45, 7) is 11.0. The van der Waals surface area contributed by atoms with Crippen molar-refractivity contribution in [3.8, 4) is 12.3 Å². The molecule has 0 aromatic heterocycles. The van der Waals surface area contributed by atoms with Gasteiger partial charge in [0, 0.05) is 25.7 Å². The Morgan fingerprint density at radius 3 is 2.62 bits per heavy atom. The third kappa shape index (κ3) is 2.46. The predicted molar refractivity (Wildman–Crippen MR) is 56.6 cm³/mol. The highest BCUT2D eigenvalue weighted by Gasteiger charge is 2.25. The highest BCUT2D eigenvalue weighted by atomic mass is 15.3. The molecule has 0 aromatic rings. The summed E-state index contributed by atoms with van der Waals surface area (Å²) in [5, 5.41) is 0. The Morgan fingerprint density at radius 1 is 1.46 bits per heavy atom. The number of likely N-dealkylation sites (N-methyl/N-ethyl adjacent to an activating group) is 1. The van der Waals surface area contributed by atoms with Crippen LogP contribution in [0.5, 0.6) is 0 Å². The lowest BCUT2D eigenvalue weighted by atomic mass is 10.1. The maximum Gasteiger partial charge on any atom is 0.0841 e. The molecule has 2 heteroatoms. The first kappa shape index (κ1) is 10.6. The molecule has 0 N–H and O–H groups in total. The third-order valence-electron chi connectivity index (χ3n) is 2.85. The predicted octanol–water partition coefficient (Wildman–Crippen LogP) is 1.03. The monoisotopic (exact) mass is 180 g/mol. The van der Waals surface area contributed by atoms with Crippen LogP contribution in [0.15, 0.2) is 0 Å². The first-order chi connectivity index (χ1) is 6.19. The van der Waals surface area contributed by atoms with Gasteiger partial charge in [0.15, 0.2) is 0 Å². The maximum atomic E-state index is 5.51.